The Morgan fingerprint density at radius 3 is 2.92 bits per heavy atom. The van der Waals surface area contributed by atoms with Gasteiger partial charge in [0, 0.05) is 11.9 Å². The number of rotatable bonds is 2. The van der Waals surface area contributed by atoms with Gasteiger partial charge in [-0.15, -0.1) is 22.7 Å². The van der Waals surface area contributed by atoms with E-state index in [1.807, 2.05) is 10.9 Å². The summed E-state index contributed by atoms with van der Waals surface area (Å²) in [5.41, 5.74) is 9.59. The first kappa shape index (κ1) is 7.91. The van der Waals surface area contributed by atoms with E-state index >= 15 is 0 Å². The van der Waals surface area contributed by atoms with Gasteiger partial charge in [0.05, 0.1) is 16.1 Å². The average Bonchev–Trinajstić information content (AvgIpc) is 2.75. The van der Waals surface area contributed by atoms with Gasteiger partial charge in [-0.3, -0.25) is 0 Å². The molecule has 4 heteroatoms. The van der Waals surface area contributed by atoms with Crippen LogP contribution in [0.15, 0.2) is 22.3 Å². The van der Waals surface area contributed by atoms with E-state index < -0.39 is 0 Å². The Kier molecular flexibility index (Phi) is 2.21. The fraction of sp³-hybridized carbons (Fsp3) is 0.125. The van der Waals surface area contributed by atoms with Crippen LogP contribution in [-0.4, -0.2) is 4.98 Å². The molecule has 0 aliphatic carbocycles. The molecule has 0 radical (unpaired) electrons. The molecule has 0 fully saturated rings. The van der Waals surface area contributed by atoms with Crippen LogP contribution in [-0.2, 0) is 6.54 Å². The molecule has 2 heterocycles. The van der Waals surface area contributed by atoms with E-state index in [-0.39, 0.29) is 0 Å². The Balaban J connectivity index is 2.35. The topological polar surface area (TPSA) is 38.9 Å². The number of nitrogens with two attached hydrogens (primary N) is 1. The van der Waals surface area contributed by atoms with Gasteiger partial charge in [-0.2, -0.15) is 0 Å². The van der Waals surface area contributed by atoms with Gasteiger partial charge in [0.25, 0.3) is 0 Å². The molecule has 0 aliphatic heterocycles. The summed E-state index contributed by atoms with van der Waals surface area (Å²) in [5.74, 6) is 0. The smallest absolute Gasteiger partial charge is 0.0910 e. The first-order chi connectivity index (χ1) is 5.90. The highest BCUT2D eigenvalue weighted by Crippen LogP contribution is 2.26. The second kappa shape index (κ2) is 3.35. The van der Waals surface area contributed by atoms with E-state index in [9.17, 15) is 0 Å². The van der Waals surface area contributed by atoms with E-state index in [4.69, 9.17) is 5.73 Å². The third-order valence-electron chi connectivity index (χ3n) is 1.57. The van der Waals surface area contributed by atoms with Crippen LogP contribution in [0.4, 0.5) is 0 Å². The van der Waals surface area contributed by atoms with Crippen molar-refractivity contribution in [3.05, 3.63) is 27.9 Å². The van der Waals surface area contributed by atoms with Crippen LogP contribution in [0, 0.1) is 0 Å². The summed E-state index contributed by atoms with van der Waals surface area (Å²) >= 11 is 3.31. The minimum Gasteiger partial charge on any atom is -0.326 e. The maximum Gasteiger partial charge on any atom is 0.0910 e. The summed E-state index contributed by atoms with van der Waals surface area (Å²) in [6.07, 6.45) is 0. The van der Waals surface area contributed by atoms with Crippen molar-refractivity contribution < 1.29 is 0 Å². The molecule has 2 aromatic rings. The molecule has 0 aromatic carbocycles. The average molecular weight is 196 g/mol. The Morgan fingerprint density at radius 2 is 2.33 bits per heavy atom. The maximum atomic E-state index is 5.51. The Hall–Kier alpha value is -0.710. The molecule has 0 aliphatic rings. The molecule has 12 heavy (non-hydrogen) atoms. The van der Waals surface area contributed by atoms with Gasteiger partial charge < -0.3 is 5.73 Å². The molecular formula is C8H8N2S2. The zero-order valence-corrected chi connectivity index (χ0v) is 7.99. The van der Waals surface area contributed by atoms with E-state index in [2.05, 4.69) is 16.4 Å². The molecule has 62 valence electrons. The van der Waals surface area contributed by atoms with Gasteiger partial charge in [-0.25, -0.2) is 4.98 Å². The molecule has 2 rings (SSSR count). The van der Waals surface area contributed by atoms with Crippen molar-refractivity contribution in [1.29, 1.82) is 0 Å². The molecule has 2 N–H and O–H groups in total. The van der Waals surface area contributed by atoms with Gasteiger partial charge in [0.2, 0.25) is 0 Å². The predicted molar refractivity (Wildman–Crippen MR) is 53.3 cm³/mol. The van der Waals surface area contributed by atoms with Crippen molar-refractivity contribution in [2.45, 2.75) is 6.54 Å². The molecule has 0 saturated heterocycles. The van der Waals surface area contributed by atoms with Crippen molar-refractivity contribution in [3.63, 3.8) is 0 Å². The number of nitrogens with zero attached hydrogens (tertiary/aromatic N) is 1. The SMILES string of the molecule is NCc1csc(-c2cscn2)c1. The number of hydrogen-bond donors (Lipinski definition) is 1. The predicted octanol–water partition coefficient (Wildman–Crippen LogP) is 2.33. The lowest BCUT2D eigenvalue weighted by atomic mass is 10.3. The van der Waals surface area contributed by atoms with Crippen LogP contribution in [0.25, 0.3) is 10.6 Å². The first-order valence-corrected chi connectivity index (χ1v) is 5.38. The number of aromatic nitrogens is 1. The Labute approximate surface area is 78.7 Å². The highest BCUT2D eigenvalue weighted by atomic mass is 32.1. The molecule has 0 atom stereocenters. The van der Waals surface area contributed by atoms with Crippen LogP contribution in [0.2, 0.25) is 0 Å². The lowest BCUT2D eigenvalue weighted by Crippen LogP contribution is -1.92. The summed E-state index contributed by atoms with van der Waals surface area (Å²) in [6, 6.07) is 2.10. The molecule has 0 spiro atoms. The van der Waals surface area contributed by atoms with Gasteiger partial charge in [-0.05, 0) is 17.0 Å². The summed E-state index contributed by atoms with van der Waals surface area (Å²) in [4.78, 5) is 5.43. The van der Waals surface area contributed by atoms with Crippen LogP contribution >= 0.6 is 22.7 Å². The fourth-order valence-electron chi connectivity index (χ4n) is 0.951. The van der Waals surface area contributed by atoms with E-state index in [0.717, 1.165) is 5.69 Å². The molecule has 0 saturated carbocycles. The Bertz CT molecular complexity index is 351. The molecule has 2 nitrogen and oxygen atoms in total. The van der Waals surface area contributed by atoms with Crippen molar-refractivity contribution in [3.8, 4) is 10.6 Å². The second-order valence-corrected chi connectivity index (χ2v) is 4.03. The van der Waals surface area contributed by atoms with Crippen molar-refractivity contribution in [2.24, 2.45) is 5.73 Å². The number of thiophene rings is 1. The first-order valence-electron chi connectivity index (χ1n) is 3.56. The Morgan fingerprint density at radius 1 is 1.42 bits per heavy atom. The molecule has 0 bridgehead atoms. The minimum atomic E-state index is 0.612. The standard InChI is InChI=1S/C8H8N2S2/c9-2-6-1-8(12-3-6)7-4-11-5-10-7/h1,3-5H,2,9H2. The number of hydrogen-bond acceptors (Lipinski definition) is 4. The highest BCUT2D eigenvalue weighted by molar-refractivity contribution is 7.14. The summed E-state index contributed by atoms with van der Waals surface area (Å²) in [5, 5.41) is 4.13. The summed E-state index contributed by atoms with van der Waals surface area (Å²) in [6.45, 7) is 0.612. The minimum absolute atomic E-state index is 0.612. The third kappa shape index (κ3) is 1.41. The van der Waals surface area contributed by atoms with Crippen LogP contribution in [0.5, 0.6) is 0 Å². The van der Waals surface area contributed by atoms with Crippen LogP contribution < -0.4 is 5.73 Å². The fourth-order valence-corrected chi connectivity index (χ4v) is 2.47. The quantitative estimate of drug-likeness (QED) is 0.800. The van der Waals surface area contributed by atoms with Crippen molar-refractivity contribution in [1.82, 2.24) is 4.98 Å². The lowest BCUT2D eigenvalue weighted by Gasteiger charge is -1.86. The van der Waals surface area contributed by atoms with E-state index in [0.29, 0.717) is 6.54 Å². The number of thiazole rings is 1. The molecule has 0 unspecified atom stereocenters. The zero-order chi connectivity index (χ0) is 8.39. The highest BCUT2D eigenvalue weighted by Gasteiger charge is 2.02. The van der Waals surface area contributed by atoms with E-state index in [1.165, 1.54) is 10.4 Å². The largest absolute Gasteiger partial charge is 0.326 e. The van der Waals surface area contributed by atoms with Gasteiger partial charge in [0.1, 0.15) is 0 Å². The molecule has 0 amide bonds. The van der Waals surface area contributed by atoms with Crippen molar-refractivity contribution in [2.75, 3.05) is 0 Å². The van der Waals surface area contributed by atoms with E-state index in [1.54, 1.807) is 22.7 Å². The normalized spacial score (nSPS) is 10.4. The second-order valence-electron chi connectivity index (χ2n) is 2.40. The van der Waals surface area contributed by atoms with Crippen LogP contribution in [0.3, 0.4) is 0 Å². The maximum absolute atomic E-state index is 5.51. The molecular weight excluding hydrogens is 188 g/mol. The van der Waals surface area contributed by atoms with Gasteiger partial charge in [0.15, 0.2) is 0 Å². The summed E-state index contributed by atoms with van der Waals surface area (Å²) in [7, 11) is 0. The molecule has 2 aromatic heterocycles. The monoisotopic (exact) mass is 196 g/mol. The zero-order valence-electron chi connectivity index (χ0n) is 6.36. The van der Waals surface area contributed by atoms with Crippen molar-refractivity contribution >= 4 is 22.7 Å². The van der Waals surface area contributed by atoms with Gasteiger partial charge >= 0.3 is 0 Å². The summed E-state index contributed by atoms with van der Waals surface area (Å²) < 4.78 is 0. The van der Waals surface area contributed by atoms with Crippen LogP contribution in [0.1, 0.15) is 5.56 Å². The third-order valence-corrected chi connectivity index (χ3v) is 3.16. The lowest BCUT2D eigenvalue weighted by molar-refractivity contribution is 1.08. The van der Waals surface area contributed by atoms with Gasteiger partial charge in [-0.1, -0.05) is 0 Å².